The Kier molecular flexibility index (Phi) is 6.78. The standard InChI is InChI=1S/C28H30ClF5N6O2/c29-18-10-15(35)9-17(20(18)28(32,33)34)22-21(31)23-19-24(40-7-1-3-16(40)4-8-41-25(19)36-22)38-26(37-23)42-13-27-5-2-6-39(27)12-14(30)11-27/h9-10,14,16,19,25H,1-8,11-13,35H2/t14-,16-,19?,25?,27+/m1/s1. The second-order valence-corrected chi connectivity index (χ2v) is 12.3. The first kappa shape index (κ1) is 28.0. The molecule has 1 aromatic rings. The second-order valence-electron chi connectivity index (χ2n) is 11.8. The third-order valence-corrected chi connectivity index (χ3v) is 9.56. The monoisotopic (exact) mass is 612 g/mol. The van der Waals surface area contributed by atoms with E-state index in [2.05, 4.69) is 19.8 Å². The molecular weight excluding hydrogens is 583 g/mol. The smallest absolute Gasteiger partial charge is 0.418 e. The highest BCUT2D eigenvalue weighted by Gasteiger charge is 2.51. The van der Waals surface area contributed by atoms with Crippen LogP contribution in [0.4, 0.5) is 27.6 Å². The van der Waals surface area contributed by atoms with Gasteiger partial charge in [0.1, 0.15) is 30.2 Å². The summed E-state index contributed by atoms with van der Waals surface area (Å²) < 4.78 is 85.5. The van der Waals surface area contributed by atoms with Gasteiger partial charge in [0.05, 0.1) is 28.4 Å². The zero-order valence-electron chi connectivity index (χ0n) is 22.6. The van der Waals surface area contributed by atoms with E-state index in [0.717, 1.165) is 44.4 Å². The summed E-state index contributed by atoms with van der Waals surface area (Å²) in [5.74, 6) is -1.46. The predicted molar refractivity (Wildman–Crippen MR) is 147 cm³/mol. The van der Waals surface area contributed by atoms with Gasteiger partial charge in [-0.2, -0.15) is 23.2 Å². The fourth-order valence-corrected chi connectivity index (χ4v) is 7.79. The third kappa shape index (κ3) is 4.59. The van der Waals surface area contributed by atoms with Crippen LogP contribution >= 0.6 is 11.6 Å². The minimum absolute atomic E-state index is 0.0781. The normalized spacial score (nSPS) is 32.9. The summed E-state index contributed by atoms with van der Waals surface area (Å²) in [5, 5.41) is -0.667. The molecule has 6 aliphatic rings. The minimum Gasteiger partial charge on any atom is -0.461 e. The summed E-state index contributed by atoms with van der Waals surface area (Å²) >= 11 is 5.99. The molecule has 0 bridgehead atoms. The highest BCUT2D eigenvalue weighted by atomic mass is 35.5. The summed E-state index contributed by atoms with van der Waals surface area (Å²) in [6, 6.07) is 1.97. The second kappa shape index (κ2) is 10.2. The van der Waals surface area contributed by atoms with E-state index < -0.39 is 57.7 Å². The summed E-state index contributed by atoms with van der Waals surface area (Å²) in [7, 11) is 0. The third-order valence-electron chi connectivity index (χ3n) is 9.27. The van der Waals surface area contributed by atoms with Crippen LogP contribution in [0.5, 0.6) is 0 Å². The number of ether oxygens (including phenoxy) is 2. The molecule has 226 valence electrons. The minimum atomic E-state index is -4.91. The number of alkyl halides is 4. The number of rotatable bonds is 3. The van der Waals surface area contributed by atoms with E-state index >= 15 is 4.39 Å². The maximum atomic E-state index is 16.5. The van der Waals surface area contributed by atoms with E-state index in [1.165, 1.54) is 0 Å². The maximum Gasteiger partial charge on any atom is 0.418 e. The molecule has 6 heterocycles. The zero-order chi connectivity index (χ0) is 29.4. The molecule has 0 amide bonds. The van der Waals surface area contributed by atoms with Crippen molar-refractivity contribution in [3.8, 4) is 0 Å². The Hall–Kier alpha value is -2.77. The SMILES string of the molecule is Nc1cc(Cl)c(C(F)(F)F)c(C2=NC3OCC[C@H]4CCCN4C4=NC(OC[C@@]56CCCN5C[C@H](F)C6)=NC(=C2F)C43)c1. The van der Waals surface area contributed by atoms with Crippen LogP contribution in [0, 0.1) is 5.92 Å². The fraction of sp³-hybridized carbons (Fsp3) is 0.607. The molecule has 4 saturated heterocycles. The molecule has 0 spiro atoms. The molecule has 8 nitrogen and oxygen atoms in total. The molecule has 1 aromatic carbocycles. The molecule has 14 heteroatoms. The number of hydrogen-bond acceptors (Lipinski definition) is 8. The highest BCUT2D eigenvalue weighted by Crippen LogP contribution is 2.45. The van der Waals surface area contributed by atoms with E-state index in [0.29, 0.717) is 31.8 Å². The van der Waals surface area contributed by atoms with Gasteiger partial charge in [-0.05, 0) is 50.8 Å². The Bertz CT molecular complexity index is 1430. The Morgan fingerprint density at radius 3 is 2.81 bits per heavy atom. The van der Waals surface area contributed by atoms with Crippen molar-refractivity contribution in [3.05, 3.63) is 39.8 Å². The van der Waals surface area contributed by atoms with Gasteiger partial charge >= 0.3 is 12.2 Å². The average Bonchev–Trinajstić information content (AvgIpc) is 3.60. The van der Waals surface area contributed by atoms with Gasteiger partial charge in [-0.3, -0.25) is 4.90 Å². The van der Waals surface area contributed by atoms with Crippen LogP contribution in [-0.2, 0) is 15.7 Å². The van der Waals surface area contributed by atoms with Crippen molar-refractivity contribution < 1.29 is 31.4 Å². The van der Waals surface area contributed by atoms with E-state index in [9.17, 15) is 17.6 Å². The van der Waals surface area contributed by atoms with Crippen molar-refractivity contribution in [2.45, 2.75) is 68.7 Å². The zero-order valence-corrected chi connectivity index (χ0v) is 23.4. The molecule has 2 unspecified atom stereocenters. The number of halogens is 6. The van der Waals surface area contributed by atoms with E-state index in [1.54, 1.807) is 0 Å². The van der Waals surface area contributed by atoms with Gasteiger partial charge in [0, 0.05) is 36.8 Å². The van der Waals surface area contributed by atoms with Crippen LogP contribution in [0.25, 0.3) is 0 Å². The summed E-state index contributed by atoms with van der Waals surface area (Å²) in [6.07, 6.45) is -2.50. The van der Waals surface area contributed by atoms with Crippen LogP contribution < -0.4 is 5.73 Å². The number of nitrogens with zero attached hydrogens (tertiary/aromatic N) is 5. The van der Waals surface area contributed by atoms with Crippen molar-refractivity contribution in [1.82, 2.24) is 9.80 Å². The lowest BCUT2D eigenvalue weighted by Gasteiger charge is -2.41. The fourth-order valence-electron chi connectivity index (χ4n) is 7.46. The van der Waals surface area contributed by atoms with Crippen molar-refractivity contribution >= 4 is 34.9 Å². The van der Waals surface area contributed by atoms with Crippen LogP contribution in [0.2, 0.25) is 5.02 Å². The molecule has 0 saturated carbocycles. The van der Waals surface area contributed by atoms with Crippen LogP contribution in [-0.4, -0.2) is 84.2 Å². The molecule has 42 heavy (non-hydrogen) atoms. The number of nitrogen functional groups attached to an aromatic ring is 1. The van der Waals surface area contributed by atoms with Gasteiger partial charge in [0.25, 0.3) is 0 Å². The van der Waals surface area contributed by atoms with Crippen LogP contribution in [0.3, 0.4) is 0 Å². The summed E-state index contributed by atoms with van der Waals surface area (Å²) in [4.78, 5) is 17.7. The largest absolute Gasteiger partial charge is 0.461 e. The number of benzene rings is 1. The Morgan fingerprint density at radius 2 is 2.00 bits per heavy atom. The molecule has 0 aromatic heterocycles. The Balaban J connectivity index is 1.33. The number of hydrogen-bond donors (Lipinski definition) is 1. The lowest BCUT2D eigenvalue weighted by Crippen LogP contribution is -2.50. The van der Waals surface area contributed by atoms with Gasteiger partial charge < -0.3 is 20.1 Å². The molecule has 0 radical (unpaired) electrons. The Labute approximate surface area is 244 Å². The number of allylic oxidation sites excluding steroid dienone is 1. The van der Waals surface area contributed by atoms with E-state index in [1.807, 2.05) is 0 Å². The lowest BCUT2D eigenvalue weighted by molar-refractivity contribution is -0.137. The molecular formula is C28H30ClF5N6O2. The number of amidine groups is 2. The van der Waals surface area contributed by atoms with Gasteiger partial charge in [-0.25, -0.2) is 13.8 Å². The molecule has 4 fully saturated rings. The van der Waals surface area contributed by atoms with Gasteiger partial charge in [0.15, 0.2) is 12.1 Å². The van der Waals surface area contributed by atoms with Crippen molar-refractivity contribution in [1.29, 1.82) is 0 Å². The maximum absolute atomic E-state index is 16.5. The van der Waals surface area contributed by atoms with E-state index in [-0.39, 0.29) is 36.7 Å². The van der Waals surface area contributed by atoms with Gasteiger partial charge in [-0.1, -0.05) is 11.6 Å². The lowest BCUT2D eigenvalue weighted by atomic mass is 9.90. The van der Waals surface area contributed by atoms with E-state index in [4.69, 9.17) is 31.8 Å². The van der Waals surface area contributed by atoms with Gasteiger partial charge in [0.2, 0.25) is 0 Å². The number of dihydropyridines is 1. The van der Waals surface area contributed by atoms with Gasteiger partial charge in [-0.15, -0.1) is 0 Å². The summed E-state index contributed by atoms with van der Waals surface area (Å²) in [6.45, 7) is 2.18. The molecule has 5 atom stereocenters. The average molecular weight is 613 g/mol. The van der Waals surface area contributed by atoms with Crippen LogP contribution in [0.15, 0.2) is 38.6 Å². The van der Waals surface area contributed by atoms with Crippen molar-refractivity contribution in [3.63, 3.8) is 0 Å². The number of fused-ring (bicyclic) bond motifs is 3. The summed E-state index contributed by atoms with van der Waals surface area (Å²) in [5.41, 5.74) is 2.68. The molecule has 6 aliphatic heterocycles. The quantitative estimate of drug-likeness (QED) is 0.379. The van der Waals surface area contributed by atoms with Crippen LogP contribution in [0.1, 0.15) is 49.7 Å². The predicted octanol–water partition coefficient (Wildman–Crippen LogP) is 5.11. The number of anilines is 1. The first-order valence-corrected chi connectivity index (χ1v) is 14.6. The Morgan fingerprint density at radius 1 is 1.17 bits per heavy atom. The molecule has 7 rings (SSSR count). The topological polar surface area (TPSA) is 88.0 Å². The van der Waals surface area contributed by atoms with Crippen molar-refractivity contribution in [2.24, 2.45) is 20.9 Å². The number of aliphatic imine (C=N–C) groups is 3. The molecule has 2 N–H and O–H groups in total. The van der Waals surface area contributed by atoms with Crippen molar-refractivity contribution in [2.75, 3.05) is 38.6 Å². The molecule has 0 aliphatic carbocycles. The number of nitrogens with two attached hydrogens (primary N) is 1. The highest BCUT2D eigenvalue weighted by molar-refractivity contribution is 6.32. The first-order chi connectivity index (χ1) is 20.0. The first-order valence-electron chi connectivity index (χ1n) is 14.3.